The van der Waals surface area contributed by atoms with E-state index in [1.54, 1.807) is 10.9 Å². The molecule has 2 aliphatic heterocycles. The average molecular weight is 423 g/mol. The van der Waals surface area contributed by atoms with Gasteiger partial charge in [-0.1, -0.05) is 0 Å². The predicted molar refractivity (Wildman–Crippen MR) is 123 cm³/mol. The van der Waals surface area contributed by atoms with Crippen molar-refractivity contribution in [2.24, 2.45) is 0 Å². The Morgan fingerprint density at radius 1 is 1.03 bits per heavy atom. The second-order valence-electron chi connectivity index (χ2n) is 8.20. The molecule has 0 amide bonds. The van der Waals surface area contributed by atoms with Gasteiger partial charge in [-0.25, -0.2) is 4.98 Å². The number of nitrogens with zero attached hydrogens (tertiary/aromatic N) is 6. The summed E-state index contributed by atoms with van der Waals surface area (Å²) >= 11 is 1.97. The van der Waals surface area contributed by atoms with Crippen LogP contribution in [-0.4, -0.2) is 51.7 Å². The molecule has 0 bridgehead atoms. The molecule has 0 saturated carbocycles. The first-order valence-electron chi connectivity index (χ1n) is 10.5. The number of benzene rings is 1. The van der Waals surface area contributed by atoms with Crippen LogP contribution < -0.4 is 15.4 Å². The van der Waals surface area contributed by atoms with Crippen LogP contribution in [0.4, 0.5) is 11.5 Å². The largest absolute Gasteiger partial charge is 0.368 e. The van der Waals surface area contributed by atoms with Gasteiger partial charge in [0.2, 0.25) is 0 Å². The van der Waals surface area contributed by atoms with Crippen LogP contribution in [0.1, 0.15) is 31.1 Å². The fourth-order valence-corrected chi connectivity index (χ4v) is 5.12. The normalized spacial score (nSPS) is 16.9. The molecule has 0 aliphatic carbocycles. The van der Waals surface area contributed by atoms with Crippen LogP contribution in [0.5, 0.6) is 0 Å². The number of aromatic nitrogens is 4. The van der Waals surface area contributed by atoms with Crippen LogP contribution in [0.25, 0.3) is 10.9 Å². The monoisotopic (exact) mass is 422 g/mol. The molecule has 1 aromatic carbocycles. The van der Waals surface area contributed by atoms with Crippen molar-refractivity contribution >= 4 is 34.2 Å². The first-order valence-corrected chi connectivity index (χ1v) is 11.7. The lowest BCUT2D eigenvalue weighted by atomic mass is 10.1. The third kappa shape index (κ3) is 3.53. The molecule has 5 rings (SSSR count). The minimum Gasteiger partial charge on any atom is -0.368 e. The lowest BCUT2D eigenvalue weighted by Crippen LogP contribution is -2.47. The highest BCUT2D eigenvalue weighted by Gasteiger charge is 2.21. The molecule has 0 atom stereocenters. The number of thioether (sulfide) groups is 1. The molecule has 3 aromatic rings. The summed E-state index contributed by atoms with van der Waals surface area (Å²) in [6, 6.07) is 8.32. The molecule has 1 saturated heterocycles. The minimum absolute atomic E-state index is 0.0236. The Balaban J connectivity index is 1.32. The Morgan fingerprint density at radius 2 is 1.83 bits per heavy atom. The molecular weight excluding hydrogens is 396 g/mol. The van der Waals surface area contributed by atoms with Crippen molar-refractivity contribution < 1.29 is 0 Å². The average Bonchev–Trinajstić information content (AvgIpc) is 2.78. The smallest absolute Gasteiger partial charge is 0.261 e. The highest BCUT2D eigenvalue weighted by atomic mass is 32.2. The third-order valence-corrected chi connectivity index (χ3v) is 6.99. The molecule has 7 nitrogen and oxygen atoms in total. The molecule has 0 N–H and O–H groups in total. The zero-order valence-corrected chi connectivity index (χ0v) is 18.2. The van der Waals surface area contributed by atoms with Crippen LogP contribution in [-0.2, 0) is 12.2 Å². The van der Waals surface area contributed by atoms with Crippen LogP contribution in [0.2, 0.25) is 0 Å². The number of hydrogen-bond donors (Lipinski definition) is 0. The summed E-state index contributed by atoms with van der Waals surface area (Å²) in [6.45, 7) is 7.61. The van der Waals surface area contributed by atoms with Gasteiger partial charge in [-0.3, -0.25) is 9.36 Å². The lowest BCUT2D eigenvalue weighted by Gasteiger charge is -2.36. The van der Waals surface area contributed by atoms with Gasteiger partial charge in [-0.15, -0.1) is 5.10 Å². The van der Waals surface area contributed by atoms with Crippen LogP contribution >= 0.6 is 11.8 Å². The first kappa shape index (κ1) is 19.4. The zero-order chi connectivity index (χ0) is 20.7. The van der Waals surface area contributed by atoms with E-state index in [2.05, 4.69) is 31.0 Å². The van der Waals surface area contributed by atoms with Gasteiger partial charge in [0.1, 0.15) is 0 Å². The summed E-state index contributed by atoms with van der Waals surface area (Å²) in [5.74, 6) is 3.18. The number of piperazine rings is 1. The van der Waals surface area contributed by atoms with E-state index < -0.39 is 0 Å². The molecule has 2 aliphatic rings. The summed E-state index contributed by atoms with van der Waals surface area (Å²) < 4.78 is 1.68. The molecule has 0 radical (unpaired) electrons. The fraction of sp³-hybridized carbons (Fsp3) is 0.455. The van der Waals surface area contributed by atoms with Crippen LogP contribution in [0.3, 0.4) is 0 Å². The van der Waals surface area contributed by atoms with Crippen molar-refractivity contribution in [2.45, 2.75) is 32.1 Å². The molecular formula is C22H26N6OS. The Bertz CT molecular complexity index is 1140. The Morgan fingerprint density at radius 3 is 2.63 bits per heavy atom. The van der Waals surface area contributed by atoms with Gasteiger partial charge >= 0.3 is 0 Å². The predicted octanol–water partition coefficient (Wildman–Crippen LogP) is 2.88. The van der Waals surface area contributed by atoms with Crippen molar-refractivity contribution in [3.05, 3.63) is 52.2 Å². The molecule has 4 heterocycles. The summed E-state index contributed by atoms with van der Waals surface area (Å²) in [6.07, 6.45) is 2.68. The summed E-state index contributed by atoms with van der Waals surface area (Å²) in [5, 5.41) is 9.64. The molecule has 30 heavy (non-hydrogen) atoms. The molecule has 8 heteroatoms. The van der Waals surface area contributed by atoms with E-state index in [9.17, 15) is 4.79 Å². The van der Waals surface area contributed by atoms with Crippen molar-refractivity contribution in [3.8, 4) is 0 Å². The van der Waals surface area contributed by atoms with Crippen molar-refractivity contribution in [2.75, 3.05) is 41.7 Å². The Labute approximate surface area is 180 Å². The van der Waals surface area contributed by atoms with E-state index in [1.807, 2.05) is 43.8 Å². The van der Waals surface area contributed by atoms with E-state index in [0.717, 1.165) is 66.8 Å². The van der Waals surface area contributed by atoms with E-state index in [0.29, 0.717) is 5.39 Å². The summed E-state index contributed by atoms with van der Waals surface area (Å²) in [7, 11) is 0. The van der Waals surface area contributed by atoms with Gasteiger partial charge in [0.25, 0.3) is 5.56 Å². The quantitative estimate of drug-likeness (QED) is 0.643. The van der Waals surface area contributed by atoms with E-state index in [-0.39, 0.29) is 11.6 Å². The van der Waals surface area contributed by atoms with Gasteiger partial charge in [-0.2, -0.15) is 16.9 Å². The number of aryl methyl sites for hydroxylation is 1. The summed E-state index contributed by atoms with van der Waals surface area (Å²) in [5.41, 5.74) is 4.40. The topological polar surface area (TPSA) is 67.2 Å². The first-order chi connectivity index (χ1) is 14.6. The molecule has 156 valence electrons. The maximum Gasteiger partial charge on any atom is 0.261 e. The molecule has 0 spiro atoms. The molecule has 2 aromatic heterocycles. The standard InChI is InChI=1S/C22H26N6OS/c1-15(2)28-14-23-20-12-17(3-4-18(20)22(28)29)26-6-8-27(9-7-26)21-11-16-13-30-10-5-19(16)24-25-21/h3-4,11-12,14-15H,5-10,13H2,1-2H3. The van der Waals surface area contributed by atoms with E-state index >= 15 is 0 Å². The maximum atomic E-state index is 12.6. The zero-order valence-electron chi connectivity index (χ0n) is 17.4. The van der Waals surface area contributed by atoms with Gasteiger partial charge in [0, 0.05) is 50.1 Å². The second kappa shape index (κ2) is 7.91. The maximum absolute atomic E-state index is 12.6. The highest BCUT2D eigenvalue weighted by molar-refractivity contribution is 7.98. The fourth-order valence-electron chi connectivity index (χ4n) is 4.17. The van der Waals surface area contributed by atoms with Gasteiger partial charge in [0.15, 0.2) is 5.82 Å². The second-order valence-corrected chi connectivity index (χ2v) is 9.31. The third-order valence-electron chi connectivity index (χ3n) is 5.98. The van der Waals surface area contributed by atoms with Gasteiger partial charge in [0.05, 0.1) is 22.9 Å². The van der Waals surface area contributed by atoms with Crippen molar-refractivity contribution in [1.29, 1.82) is 0 Å². The number of rotatable bonds is 3. The van der Waals surface area contributed by atoms with Gasteiger partial charge < -0.3 is 9.80 Å². The van der Waals surface area contributed by atoms with Crippen LogP contribution in [0, 0.1) is 0 Å². The lowest BCUT2D eigenvalue weighted by molar-refractivity contribution is 0.573. The van der Waals surface area contributed by atoms with Crippen LogP contribution in [0.15, 0.2) is 35.4 Å². The van der Waals surface area contributed by atoms with E-state index in [4.69, 9.17) is 0 Å². The minimum atomic E-state index is 0.0236. The number of anilines is 2. The Hall–Kier alpha value is -2.61. The Kier molecular flexibility index (Phi) is 5.10. The van der Waals surface area contributed by atoms with Crippen molar-refractivity contribution in [1.82, 2.24) is 19.7 Å². The highest BCUT2D eigenvalue weighted by Crippen LogP contribution is 2.27. The van der Waals surface area contributed by atoms with Crippen molar-refractivity contribution in [3.63, 3.8) is 0 Å². The SMILES string of the molecule is CC(C)n1cnc2cc(N3CCN(c4cc5c(nn4)CCSC5)CC3)ccc2c1=O. The summed E-state index contributed by atoms with van der Waals surface area (Å²) in [4.78, 5) is 21.9. The molecule has 1 fully saturated rings. The van der Waals surface area contributed by atoms with Gasteiger partial charge in [-0.05, 0) is 49.4 Å². The number of fused-ring (bicyclic) bond motifs is 2. The number of hydrogen-bond acceptors (Lipinski definition) is 7. The molecule has 0 unspecified atom stereocenters. The van der Waals surface area contributed by atoms with E-state index in [1.165, 1.54) is 5.56 Å².